The number of nitrogens with one attached hydrogen (secondary N) is 1. The first-order valence-electron chi connectivity index (χ1n) is 14.8. The Kier molecular flexibility index (Phi) is 8.21. The number of amides is 1. The Labute approximate surface area is 270 Å². The van der Waals surface area contributed by atoms with Crippen molar-refractivity contribution in [2.24, 2.45) is 0 Å². The summed E-state index contributed by atoms with van der Waals surface area (Å²) >= 11 is 5.57. The van der Waals surface area contributed by atoms with Gasteiger partial charge in [0.05, 0.1) is 22.4 Å². The van der Waals surface area contributed by atoms with Crippen LogP contribution in [0.2, 0.25) is 0 Å². The zero-order valence-electron chi connectivity index (χ0n) is 24.7. The van der Waals surface area contributed by atoms with E-state index in [1.165, 1.54) is 0 Å². The van der Waals surface area contributed by atoms with E-state index in [9.17, 15) is 4.79 Å². The first-order valence-corrected chi connectivity index (χ1v) is 15.2. The molecule has 0 radical (unpaired) electrons. The smallest absolute Gasteiger partial charge is 0.264 e. The number of fused-ring (bicyclic) bond motifs is 1. The number of aromatic nitrogens is 5. The zero-order chi connectivity index (χ0) is 31.3. The van der Waals surface area contributed by atoms with Gasteiger partial charge in [-0.05, 0) is 91.1 Å². The van der Waals surface area contributed by atoms with Crippen LogP contribution >= 0.6 is 12.2 Å². The van der Waals surface area contributed by atoms with Gasteiger partial charge in [0.2, 0.25) is 0 Å². The molecule has 0 spiro atoms. The summed E-state index contributed by atoms with van der Waals surface area (Å²) in [6.45, 7) is 3.07. The molecule has 1 aliphatic heterocycles. The highest BCUT2D eigenvalue weighted by Gasteiger charge is 2.21. The van der Waals surface area contributed by atoms with Gasteiger partial charge >= 0.3 is 0 Å². The van der Waals surface area contributed by atoms with Crippen LogP contribution in [0.3, 0.4) is 0 Å². The molecule has 0 saturated carbocycles. The highest BCUT2D eigenvalue weighted by molar-refractivity contribution is 7.80. The number of carbonyl (C=O) groups is 1. The Balaban J connectivity index is 1.02. The molecule has 11 heteroatoms. The molecule has 10 nitrogen and oxygen atoms in total. The Hall–Kier alpha value is -5.81. The molecule has 226 valence electrons. The molecule has 7 rings (SSSR count). The molecule has 6 aromatic rings. The predicted octanol–water partition coefficient (Wildman–Crippen LogP) is 5.89. The molecule has 1 amide bonds. The first-order chi connectivity index (χ1) is 22.6. The number of hydrogen-bond donors (Lipinski definition) is 1. The summed E-state index contributed by atoms with van der Waals surface area (Å²) in [5, 5.41) is 3.37. The summed E-state index contributed by atoms with van der Waals surface area (Å²) in [5.41, 5.74) is 5.00. The standard InChI is InChI=1S/C35H28N8O2S/c44-34(24-10-13-26(14-11-24)45-35(46)43-21-19-42(20-22-43)31-9-3-6-18-38-31)39-25-12-15-27-30(23-25)41-33(29-8-2-5-17-37-29)32(40-27)28-7-1-4-16-36-28/h1-18,23H,19-22H2,(H,39,44). The monoisotopic (exact) mass is 624 g/mol. The highest BCUT2D eigenvalue weighted by Crippen LogP contribution is 2.30. The molecule has 1 saturated heterocycles. The second kappa shape index (κ2) is 13.0. The van der Waals surface area contributed by atoms with Crippen LogP contribution in [0.15, 0.2) is 116 Å². The summed E-state index contributed by atoms with van der Waals surface area (Å²) in [7, 11) is 0. The predicted molar refractivity (Wildman–Crippen MR) is 182 cm³/mol. The number of ether oxygens (including phenoxy) is 1. The van der Waals surface area contributed by atoms with Crippen molar-refractivity contribution in [1.29, 1.82) is 0 Å². The van der Waals surface area contributed by atoms with E-state index in [0.717, 1.165) is 32.0 Å². The summed E-state index contributed by atoms with van der Waals surface area (Å²) < 4.78 is 5.95. The number of hydrogen-bond acceptors (Lipinski definition) is 9. The van der Waals surface area contributed by atoms with Crippen molar-refractivity contribution >= 4 is 45.8 Å². The van der Waals surface area contributed by atoms with Gasteiger partial charge in [-0.1, -0.05) is 18.2 Å². The van der Waals surface area contributed by atoms with E-state index in [1.54, 1.807) is 55.0 Å². The molecule has 4 aromatic heterocycles. The largest absolute Gasteiger partial charge is 0.432 e. The maximum absolute atomic E-state index is 13.2. The van der Waals surface area contributed by atoms with Crippen LogP contribution in [0, 0.1) is 0 Å². The maximum Gasteiger partial charge on any atom is 0.264 e. The minimum Gasteiger partial charge on any atom is -0.432 e. The molecular weight excluding hydrogens is 597 g/mol. The zero-order valence-corrected chi connectivity index (χ0v) is 25.5. The third-order valence-corrected chi connectivity index (χ3v) is 7.91. The number of carbonyl (C=O) groups excluding carboxylic acids is 1. The molecule has 2 aromatic carbocycles. The Morgan fingerprint density at radius 3 is 1.93 bits per heavy atom. The minimum absolute atomic E-state index is 0.262. The summed E-state index contributed by atoms with van der Waals surface area (Å²) in [6, 6.07) is 29.6. The molecule has 0 bridgehead atoms. The molecular formula is C35H28N8O2S. The lowest BCUT2D eigenvalue weighted by molar-refractivity contribution is 0.102. The number of benzene rings is 2. The Morgan fingerprint density at radius 2 is 1.33 bits per heavy atom. The van der Waals surface area contributed by atoms with Crippen molar-refractivity contribution in [1.82, 2.24) is 29.8 Å². The van der Waals surface area contributed by atoms with E-state index < -0.39 is 0 Å². The van der Waals surface area contributed by atoms with Crippen LogP contribution < -0.4 is 15.0 Å². The van der Waals surface area contributed by atoms with Crippen LogP contribution in [0.25, 0.3) is 33.8 Å². The van der Waals surface area contributed by atoms with Gasteiger partial charge in [0.1, 0.15) is 23.0 Å². The normalized spacial score (nSPS) is 13.0. The van der Waals surface area contributed by atoms with Gasteiger partial charge in [0.25, 0.3) is 11.1 Å². The van der Waals surface area contributed by atoms with Crippen molar-refractivity contribution in [2.45, 2.75) is 0 Å². The van der Waals surface area contributed by atoms with E-state index in [2.05, 4.69) is 25.2 Å². The van der Waals surface area contributed by atoms with Crippen LogP contribution in [-0.4, -0.2) is 67.1 Å². The van der Waals surface area contributed by atoms with E-state index in [0.29, 0.717) is 56.0 Å². The van der Waals surface area contributed by atoms with Gasteiger partial charge in [-0.15, -0.1) is 0 Å². The number of nitrogens with zero attached hydrogens (tertiary/aromatic N) is 7. The van der Waals surface area contributed by atoms with E-state index in [4.69, 9.17) is 26.9 Å². The molecule has 46 heavy (non-hydrogen) atoms. The summed E-state index contributed by atoms with van der Waals surface area (Å²) in [5.74, 6) is 1.27. The van der Waals surface area contributed by atoms with Crippen LogP contribution in [0.1, 0.15) is 10.4 Å². The molecule has 0 atom stereocenters. The number of anilines is 2. The first kappa shape index (κ1) is 28.9. The number of thiocarbonyl (C=S) groups is 1. The number of rotatable bonds is 6. The fourth-order valence-electron chi connectivity index (χ4n) is 5.20. The average molecular weight is 625 g/mol. The van der Waals surface area contributed by atoms with Crippen molar-refractivity contribution in [3.05, 3.63) is 121 Å². The van der Waals surface area contributed by atoms with Crippen molar-refractivity contribution < 1.29 is 9.53 Å². The number of pyridine rings is 3. The van der Waals surface area contributed by atoms with Crippen LogP contribution in [0.5, 0.6) is 5.75 Å². The van der Waals surface area contributed by atoms with E-state index in [1.807, 2.05) is 65.6 Å². The Morgan fingerprint density at radius 1 is 0.696 bits per heavy atom. The number of piperazine rings is 1. The van der Waals surface area contributed by atoms with Gasteiger partial charge in [0.15, 0.2) is 0 Å². The third kappa shape index (κ3) is 6.35. The van der Waals surface area contributed by atoms with Crippen LogP contribution in [0.4, 0.5) is 11.5 Å². The van der Waals surface area contributed by atoms with Crippen molar-refractivity contribution in [3.8, 4) is 28.5 Å². The lowest BCUT2D eigenvalue weighted by Gasteiger charge is -2.36. The molecule has 0 unspecified atom stereocenters. The molecule has 1 fully saturated rings. The SMILES string of the molecule is O=C(Nc1ccc2nc(-c3ccccn3)c(-c3ccccn3)nc2c1)c1ccc(OC(=S)N2CCN(c3ccccn3)CC2)cc1. The van der Waals surface area contributed by atoms with Gasteiger partial charge in [0, 0.05) is 56.0 Å². The maximum atomic E-state index is 13.2. The van der Waals surface area contributed by atoms with Crippen molar-refractivity contribution in [2.75, 3.05) is 36.4 Å². The molecule has 1 N–H and O–H groups in total. The minimum atomic E-state index is -0.262. The highest BCUT2D eigenvalue weighted by atomic mass is 32.1. The van der Waals surface area contributed by atoms with Gasteiger partial charge in [-0.2, -0.15) is 0 Å². The van der Waals surface area contributed by atoms with Crippen LogP contribution in [-0.2, 0) is 0 Å². The quantitative estimate of drug-likeness (QED) is 0.226. The lowest BCUT2D eigenvalue weighted by atomic mass is 10.1. The van der Waals surface area contributed by atoms with Gasteiger partial charge < -0.3 is 19.9 Å². The summed E-state index contributed by atoms with van der Waals surface area (Å²) in [6.07, 6.45) is 5.24. The average Bonchev–Trinajstić information content (AvgIpc) is 3.12. The molecule has 5 heterocycles. The van der Waals surface area contributed by atoms with Gasteiger partial charge in [-0.3, -0.25) is 14.8 Å². The lowest BCUT2D eigenvalue weighted by Crippen LogP contribution is -2.49. The second-order valence-electron chi connectivity index (χ2n) is 10.6. The Bertz CT molecular complexity index is 1990. The van der Waals surface area contributed by atoms with E-state index in [-0.39, 0.29) is 5.91 Å². The fourth-order valence-corrected chi connectivity index (χ4v) is 5.48. The fraction of sp³-hybridized carbons (Fsp3) is 0.114. The van der Waals surface area contributed by atoms with Gasteiger partial charge in [-0.25, -0.2) is 15.0 Å². The van der Waals surface area contributed by atoms with E-state index >= 15 is 0 Å². The second-order valence-corrected chi connectivity index (χ2v) is 10.9. The third-order valence-electron chi connectivity index (χ3n) is 7.57. The van der Waals surface area contributed by atoms with Crippen molar-refractivity contribution in [3.63, 3.8) is 0 Å². The molecule has 0 aliphatic carbocycles. The topological polar surface area (TPSA) is 109 Å². The molecule has 1 aliphatic rings. The summed E-state index contributed by atoms with van der Waals surface area (Å²) in [4.78, 5) is 40.6.